The molecule has 0 bridgehead atoms. The highest BCUT2D eigenvalue weighted by Gasteiger charge is 2.22. The van der Waals surface area contributed by atoms with E-state index in [1.165, 1.54) is 17.7 Å². The van der Waals surface area contributed by atoms with Gasteiger partial charge < -0.3 is 10.6 Å². The molecule has 1 atom stereocenters. The molecular formula is C29H26ClFN2O2. The second-order valence-electron chi connectivity index (χ2n) is 8.44. The van der Waals surface area contributed by atoms with Crippen LogP contribution >= 0.6 is 11.6 Å². The fourth-order valence-corrected chi connectivity index (χ4v) is 4.06. The summed E-state index contributed by atoms with van der Waals surface area (Å²) in [5, 5.41) is 7.89. The standard InChI is InChI=1S/C29H26ClFN2O2/c30-25-13-8-21(9-14-25)17-27(29(35)32-16-4-7-20-5-2-1-3-6-20)33-28(34)24-11-10-23-19-26(31)15-12-22(23)18-24/h1-3,5-6,8-15,18-19,27H,4,7,16-17H2,(H,32,35)(H,33,34)/t27-/m0/s1. The van der Waals surface area contributed by atoms with Gasteiger partial charge in [0.1, 0.15) is 11.9 Å². The van der Waals surface area contributed by atoms with Crippen LogP contribution in [0, 0.1) is 5.82 Å². The number of rotatable bonds is 9. The van der Waals surface area contributed by atoms with Crippen LogP contribution in [0.1, 0.15) is 27.9 Å². The smallest absolute Gasteiger partial charge is 0.251 e. The Morgan fingerprint density at radius 3 is 2.31 bits per heavy atom. The molecule has 0 fully saturated rings. The number of fused-ring (bicyclic) bond motifs is 1. The second-order valence-corrected chi connectivity index (χ2v) is 8.88. The van der Waals surface area contributed by atoms with Crippen molar-refractivity contribution in [3.05, 3.63) is 119 Å². The monoisotopic (exact) mass is 488 g/mol. The Bertz CT molecular complexity index is 1310. The normalized spacial score (nSPS) is 11.7. The van der Waals surface area contributed by atoms with Crippen molar-refractivity contribution >= 4 is 34.2 Å². The van der Waals surface area contributed by atoms with Gasteiger partial charge in [-0.25, -0.2) is 4.39 Å². The summed E-state index contributed by atoms with van der Waals surface area (Å²) in [7, 11) is 0. The molecule has 4 aromatic rings. The summed E-state index contributed by atoms with van der Waals surface area (Å²) >= 11 is 6.00. The zero-order chi connectivity index (χ0) is 24.6. The molecule has 2 N–H and O–H groups in total. The third-order valence-corrected chi connectivity index (χ3v) is 6.08. The van der Waals surface area contributed by atoms with E-state index < -0.39 is 6.04 Å². The number of hydrogen-bond donors (Lipinski definition) is 2. The lowest BCUT2D eigenvalue weighted by Gasteiger charge is -2.19. The maximum atomic E-state index is 13.5. The molecule has 35 heavy (non-hydrogen) atoms. The van der Waals surface area contributed by atoms with Gasteiger partial charge in [-0.15, -0.1) is 0 Å². The van der Waals surface area contributed by atoms with Crippen LogP contribution in [-0.4, -0.2) is 24.4 Å². The predicted octanol–water partition coefficient (Wildman–Crippen LogP) is 5.72. The maximum absolute atomic E-state index is 13.5. The topological polar surface area (TPSA) is 58.2 Å². The zero-order valence-corrected chi connectivity index (χ0v) is 19.9. The van der Waals surface area contributed by atoms with Crippen LogP contribution in [0.15, 0.2) is 91.0 Å². The summed E-state index contributed by atoms with van der Waals surface area (Å²) in [4.78, 5) is 26.1. The molecule has 4 rings (SSSR count). The van der Waals surface area contributed by atoms with Gasteiger partial charge in [0.2, 0.25) is 5.91 Å². The van der Waals surface area contributed by atoms with Crippen LogP contribution < -0.4 is 10.6 Å². The second kappa shape index (κ2) is 11.6. The van der Waals surface area contributed by atoms with Crippen molar-refractivity contribution in [3.63, 3.8) is 0 Å². The third-order valence-electron chi connectivity index (χ3n) is 5.82. The van der Waals surface area contributed by atoms with Crippen LogP contribution in [0.2, 0.25) is 5.02 Å². The summed E-state index contributed by atoms with van der Waals surface area (Å²) in [5.74, 6) is -0.944. The summed E-state index contributed by atoms with van der Waals surface area (Å²) in [6.45, 7) is 0.502. The first-order chi connectivity index (χ1) is 17.0. The molecule has 0 saturated carbocycles. The minimum Gasteiger partial charge on any atom is -0.354 e. The Kier molecular flexibility index (Phi) is 8.11. The van der Waals surface area contributed by atoms with Gasteiger partial charge in [0.25, 0.3) is 5.91 Å². The summed E-state index contributed by atoms with van der Waals surface area (Å²) in [5.41, 5.74) is 2.50. The molecule has 2 amide bonds. The van der Waals surface area contributed by atoms with Gasteiger partial charge in [-0.3, -0.25) is 9.59 Å². The molecule has 0 unspecified atom stereocenters. The summed E-state index contributed by atoms with van der Waals surface area (Å²) < 4.78 is 13.5. The molecule has 0 aromatic heterocycles. The first-order valence-electron chi connectivity index (χ1n) is 11.5. The highest BCUT2D eigenvalue weighted by atomic mass is 35.5. The largest absolute Gasteiger partial charge is 0.354 e. The Hall–Kier alpha value is -3.70. The van der Waals surface area contributed by atoms with Gasteiger partial charge in [-0.1, -0.05) is 66.2 Å². The Labute approximate surface area is 209 Å². The number of nitrogens with one attached hydrogen (secondary N) is 2. The van der Waals surface area contributed by atoms with E-state index in [1.54, 1.807) is 36.4 Å². The predicted molar refractivity (Wildman–Crippen MR) is 138 cm³/mol. The number of halogens is 2. The van der Waals surface area contributed by atoms with E-state index in [0.29, 0.717) is 28.9 Å². The van der Waals surface area contributed by atoms with E-state index in [-0.39, 0.29) is 17.6 Å². The first-order valence-corrected chi connectivity index (χ1v) is 11.9. The quantitative estimate of drug-likeness (QED) is 0.296. The van der Waals surface area contributed by atoms with Crippen molar-refractivity contribution in [1.82, 2.24) is 10.6 Å². The minimum atomic E-state index is -0.760. The number of amides is 2. The molecule has 178 valence electrons. The Morgan fingerprint density at radius 1 is 0.829 bits per heavy atom. The number of aryl methyl sites for hydroxylation is 1. The third kappa shape index (κ3) is 6.90. The van der Waals surface area contributed by atoms with Crippen molar-refractivity contribution < 1.29 is 14.0 Å². The molecule has 4 nitrogen and oxygen atoms in total. The van der Waals surface area contributed by atoms with E-state index in [0.717, 1.165) is 23.8 Å². The fraction of sp³-hybridized carbons (Fsp3) is 0.172. The van der Waals surface area contributed by atoms with Gasteiger partial charge >= 0.3 is 0 Å². The number of carbonyl (C=O) groups is 2. The molecule has 0 saturated heterocycles. The SMILES string of the molecule is O=C(N[C@@H](Cc1ccc(Cl)cc1)C(=O)NCCCc1ccccc1)c1ccc2cc(F)ccc2c1. The summed E-state index contributed by atoms with van der Waals surface area (Å²) in [6, 6.07) is 26.0. The molecule has 0 radical (unpaired) electrons. The maximum Gasteiger partial charge on any atom is 0.251 e. The average Bonchev–Trinajstić information content (AvgIpc) is 2.87. The Morgan fingerprint density at radius 2 is 1.54 bits per heavy atom. The number of hydrogen-bond acceptors (Lipinski definition) is 2. The van der Waals surface area contributed by atoms with Gasteiger partial charge in [0.05, 0.1) is 0 Å². The lowest BCUT2D eigenvalue weighted by Crippen LogP contribution is -2.48. The highest BCUT2D eigenvalue weighted by Crippen LogP contribution is 2.18. The van der Waals surface area contributed by atoms with Gasteiger partial charge in [-0.05, 0) is 71.1 Å². The van der Waals surface area contributed by atoms with Crippen molar-refractivity contribution in [2.75, 3.05) is 6.54 Å². The van der Waals surface area contributed by atoms with E-state index in [1.807, 2.05) is 30.3 Å². The van der Waals surface area contributed by atoms with Crippen LogP contribution in [0.5, 0.6) is 0 Å². The Balaban J connectivity index is 1.44. The molecule has 6 heteroatoms. The molecule has 0 aliphatic carbocycles. The van der Waals surface area contributed by atoms with Crippen LogP contribution in [0.25, 0.3) is 10.8 Å². The molecule has 0 aliphatic rings. The first kappa shape index (κ1) is 24.4. The highest BCUT2D eigenvalue weighted by molar-refractivity contribution is 6.30. The number of benzene rings is 4. The van der Waals surface area contributed by atoms with Crippen LogP contribution in [0.3, 0.4) is 0 Å². The lowest BCUT2D eigenvalue weighted by atomic mass is 10.0. The summed E-state index contributed by atoms with van der Waals surface area (Å²) in [6.07, 6.45) is 1.97. The number of carbonyl (C=O) groups excluding carboxylic acids is 2. The lowest BCUT2D eigenvalue weighted by molar-refractivity contribution is -0.122. The van der Waals surface area contributed by atoms with E-state index in [2.05, 4.69) is 22.8 Å². The van der Waals surface area contributed by atoms with E-state index in [9.17, 15) is 14.0 Å². The molecule has 0 spiro atoms. The zero-order valence-electron chi connectivity index (χ0n) is 19.1. The van der Waals surface area contributed by atoms with Crippen LogP contribution in [0.4, 0.5) is 4.39 Å². The van der Waals surface area contributed by atoms with Gasteiger partial charge in [0, 0.05) is 23.6 Å². The molecular weight excluding hydrogens is 463 g/mol. The van der Waals surface area contributed by atoms with Crippen molar-refractivity contribution in [2.24, 2.45) is 0 Å². The van der Waals surface area contributed by atoms with E-state index >= 15 is 0 Å². The minimum absolute atomic E-state index is 0.246. The van der Waals surface area contributed by atoms with Crippen molar-refractivity contribution in [3.8, 4) is 0 Å². The van der Waals surface area contributed by atoms with Crippen molar-refractivity contribution in [1.29, 1.82) is 0 Å². The van der Waals surface area contributed by atoms with Crippen molar-refractivity contribution in [2.45, 2.75) is 25.3 Å². The van der Waals surface area contributed by atoms with Crippen LogP contribution in [-0.2, 0) is 17.6 Å². The average molecular weight is 489 g/mol. The van der Waals surface area contributed by atoms with Gasteiger partial charge in [-0.2, -0.15) is 0 Å². The van der Waals surface area contributed by atoms with E-state index in [4.69, 9.17) is 11.6 Å². The fourth-order valence-electron chi connectivity index (χ4n) is 3.94. The molecule has 4 aromatic carbocycles. The van der Waals surface area contributed by atoms with Gasteiger partial charge in [0.15, 0.2) is 0 Å². The molecule has 0 aliphatic heterocycles. The molecule has 0 heterocycles.